The molecular weight excluding hydrogens is 260 g/mol. The lowest BCUT2D eigenvalue weighted by Crippen LogP contribution is -2.26. The topological polar surface area (TPSA) is 9.23 Å². The molecule has 0 unspecified atom stereocenters. The molecule has 1 rings (SSSR count). The molecule has 1 aromatic rings. The highest BCUT2D eigenvalue weighted by molar-refractivity contribution is 9.10. The van der Waals surface area contributed by atoms with Gasteiger partial charge in [0.15, 0.2) is 0 Å². The predicted molar refractivity (Wildman–Crippen MR) is 53.5 cm³/mol. The van der Waals surface area contributed by atoms with Crippen LogP contribution in [0.1, 0.15) is 5.56 Å². The Kier molecular flexibility index (Phi) is 3.47. The molecule has 0 amide bonds. The average molecular weight is 268 g/mol. The number of hydrogen-bond donors (Lipinski definition) is 0. The van der Waals surface area contributed by atoms with E-state index in [4.69, 9.17) is 0 Å². The summed E-state index contributed by atoms with van der Waals surface area (Å²) in [4.78, 5) is 0. The van der Waals surface area contributed by atoms with Gasteiger partial charge in [-0.1, -0.05) is 22.0 Å². The van der Waals surface area contributed by atoms with E-state index in [0.717, 1.165) is 0 Å². The van der Waals surface area contributed by atoms with Gasteiger partial charge in [0.2, 0.25) is 0 Å². The fourth-order valence-corrected chi connectivity index (χ4v) is 1.25. The third-order valence-corrected chi connectivity index (χ3v) is 2.07. The highest BCUT2D eigenvalue weighted by Gasteiger charge is 2.24. The number of halogens is 4. The summed E-state index contributed by atoms with van der Waals surface area (Å²) in [6.07, 6.45) is 0. The minimum atomic E-state index is -4.89. The number of rotatable bonds is 3. The summed E-state index contributed by atoms with van der Waals surface area (Å²) in [5, 5.41) is 0. The molecule has 0 atom stereocenters. The first-order valence-corrected chi connectivity index (χ1v) is 4.78. The zero-order valence-electron chi connectivity index (χ0n) is 7.44. The van der Waals surface area contributed by atoms with Gasteiger partial charge in [0.05, 0.1) is 6.51 Å². The van der Waals surface area contributed by atoms with Gasteiger partial charge in [-0.25, -0.2) is 0 Å². The summed E-state index contributed by atoms with van der Waals surface area (Å²) in [7, 11) is 0. The van der Waals surface area contributed by atoms with Crippen LogP contribution in [-0.4, -0.2) is 13.5 Å². The first-order chi connectivity index (χ1) is 6.38. The van der Waals surface area contributed by atoms with Crippen molar-refractivity contribution in [1.29, 1.82) is 0 Å². The van der Waals surface area contributed by atoms with Crippen LogP contribution in [0.5, 0.6) is 5.75 Å². The molecule has 0 aliphatic heterocycles. The van der Waals surface area contributed by atoms with Gasteiger partial charge in [-0.15, -0.1) is 0 Å². The Morgan fingerprint density at radius 3 is 2.57 bits per heavy atom. The van der Waals surface area contributed by atoms with Crippen LogP contribution in [-0.2, 0) is 0 Å². The fraction of sp³-hybridized carbons (Fsp3) is 0.250. The second kappa shape index (κ2) is 4.25. The zero-order chi connectivity index (χ0) is 10.8. The standard InChI is InChI=1S/C8H8BBrF3O/c1-6-2-3-7(10)4-8(6)14-5-9(11,12)13/h2-4H,5H2,1H3/q-1. The van der Waals surface area contributed by atoms with Crippen LogP contribution in [0.4, 0.5) is 12.9 Å². The Labute approximate surface area is 88.4 Å². The number of benzene rings is 1. The van der Waals surface area contributed by atoms with Crippen molar-refractivity contribution in [2.75, 3.05) is 6.51 Å². The second-order valence-corrected chi connectivity index (χ2v) is 3.85. The molecule has 1 aromatic carbocycles. The zero-order valence-corrected chi connectivity index (χ0v) is 9.02. The maximum Gasteiger partial charge on any atom is 0.515 e. The Morgan fingerprint density at radius 1 is 1.36 bits per heavy atom. The molecule has 0 spiro atoms. The summed E-state index contributed by atoms with van der Waals surface area (Å²) in [5.74, 6) is 0.263. The highest BCUT2D eigenvalue weighted by Crippen LogP contribution is 2.24. The van der Waals surface area contributed by atoms with Gasteiger partial charge in [-0.05, 0) is 24.6 Å². The largest absolute Gasteiger partial charge is 0.521 e. The summed E-state index contributed by atoms with van der Waals surface area (Å²) in [5.41, 5.74) is 0.688. The average Bonchev–Trinajstić information content (AvgIpc) is 2.05. The molecule has 78 valence electrons. The van der Waals surface area contributed by atoms with Crippen molar-refractivity contribution in [2.45, 2.75) is 6.92 Å². The predicted octanol–water partition coefficient (Wildman–Crippen LogP) is 3.52. The smallest absolute Gasteiger partial charge is 0.515 e. The molecule has 0 aliphatic rings. The van der Waals surface area contributed by atoms with E-state index in [-0.39, 0.29) is 5.75 Å². The van der Waals surface area contributed by atoms with Gasteiger partial charge in [0, 0.05) is 4.47 Å². The molecule has 6 heteroatoms. The first-order valence-electron chi connectivity index (χ1n) is 3.98. The molecule has 0 bridgehead atoms. The van der Waals surface area contributed by atoms with Crippen LogP contribution in [0.3, 0.4) is 0 Å². The van der Waals surface area contributed by atoms with Crippen LogP contribution in [0, 0.1) is 6.92 Å². The molecule has 0 saturated heterocycles. The lowest BCUT2D eigenvalue weighted by atomic mass is 9.95. The molecule has 0 aliphatic carbocycles. The van der Waals surface area contributed by atoms with E-state index in [1.165, 1.54) is 6.07 Å². The monoisotopic (exact) mass is 267 g/mol. The van der Waals surface area contributed by atoms with Crippen molar-refractivity contribution in [3.05, 3.63) is 28.2 Å². The van der Waals surface area contributed by atoms with Crippen LogP contribution in [0.15, 0.2) is 22.7 Å². The number of aryl methyl sites for hydroxylation is 1. The molecule has 0 aromatic heterocycles. The Bertz CT molecular complexity index is 327. The highest BCUT2D eigenvalue weighted by atomic mass is 79.9. The van der Waals surface area contributed by atoms with Crippen molar-refractivity contribution in [1.82, 2.24) is 0 Å². The van der Waals surface area contributed by atoms with Crippen molar-refractivity contribution in [2.24, 2.45) is 0 Å². The molecule has 0 radical (unpaired) electrons. The molecule has 0 saturated carbocycles. The summed E-state index contributed by atoms with van der Waals surface area (Å²) < 4.78 is 41.1. The van der Waals surface area contributed by atoms with E-state index < -0.39 is 13.5 Å². The summed E-state index contributed by atoms with van der Waals surface area (Å²) in [6.45, 7) is -4.39. The summed E-state index contributed by atoms with van der Waals surface area (Å²) in [6, 6.07) is 4.97. The number of ether oxygens (including phenoxy) is 1. The Hall–Kier alpha value is -0.645. The van der Waals surface area contributed by atoms with E-state index in [1.807, 2.05) is 0 Å². The maximum absolute atomic E-state index is 11.9. The van der Waals surface area contributed by atoms with Gasteiger partial charge in [0.25, 0.3) is 0 Å². The quantitative estimate of drug-likeness (QED) is 0.762. The normalized spacial score (nSPS) is 11.5. The Morgan fingerprint density at radius 2 is 2.00 bits per heavy atom. The van der Waals surface area contributed by atoms with Gasteiger partial charge < -0.3 is 17.7 Å². The van der Waals surface area contributed by atoms with E-state index in [9.17, 15) is 12.9 Å². The molecular formula is C8H8BBrF3O-. The van der Waals surface area contributed by atoms with Crippen LogP contribution < -0.4 is 4.74 Å². The van der Waals surface area contributed by atoms with Gasteiger partial charge in [0.1, 0.15) is 5.75 Å². The maximum atomic E-state index is 11.9. The third kappa shape index (κ3) is 3.61. The van der Waals surface area contributed by atoms with Crippen molar-refractivity contribution < 1.29 is 17.7 Å². The van der Waals surface area contributed by atoms with Crippen molar-refractivity contribution >= 4 is 22.9 Å². The summed E-state index contributed by atoms with van der Waals surface area (Å²) >= 11 is 3.16. The van der Waals surface area contributed by atoms with Crippen molar-refractivity contribution in [3.63, 3.8) is 0 Å². The van der Waals surface area contributed by atoms with E-state index in [1.54, 1.807) is 19.1 Å². The second-order valence-electron chi connectivity index (χ2n) is 2.93. The van der Waals surface area contributed by atoms with Gasteiger partial charge >= 0.3 is 6.98 Å². The Balaban J connectivity index is 2.72. The van der Waals surface area contributed by atoms with E-state index in [2.05, 4.69) is 20.7 Å². The molecule has 0 N–H and O–H groups in total. The molecule has 14 heavy (non-hydrogen) atoms. The SMILES string of the molecule is Cc1ccc(Br)cc1OC[B-](F)(F)F. The van der Waals surface area contributed by atoms with Gasteiger partial charge in [-0.2, -0.15) is 0 Å². The van der Waals surface area contributed by atoms with E-state index in [0.29, 0.717) is 10.0 Å². The lowest BCUT2D eigenvalue weighted by Gasteiger charge is -2.16. The van der Waals surface area contributed by atoms with Crippen molar-refractivity contribution in [3.8, 4) is 5.75 Å². The van der Waals surface area contributed by atoms with Gasteiger partial charge in [-0.3, -0.25) is 0 Å². The third-order valence-electron chi connectivity index (χ3n) is 1.58. The molecule has 0 heterocycles. The minimum Gasteiger partial charge on any atom is -0.521 e. The molecule has 0 fully saturated rings. The fourth-order valence-electron chi connectivity index (χ4n) is 0.914. The van der Waals surface area contributed by atoms with Crippen LogP contribution >= 0.6 is 15.9 Å². The first kappa shape index (κ1) is 11.4. The van der Waals surface area contributed by atoms with Crippen LogP contribution in [0.2, 0.25) is 0 Å². The molecule has 1 nitrogen and oxygen atoms in total. The van der Waals surface area contributed by atoms with Crippen LogP contribution in [0.25, 0.3) is 0 Å². The minimum absolute atomic E-state index is 0.263. The lowest BCUT2D eigenvalue weighted by molar-refractivity contribution is 0.311. The number of hydrogen-bond acceptors (Lipinski definition) is 1. The van der Waals surface area contributed by atoms with E-state index >= 15 is 0 Å².